The van der Waals surface area contributed by atoms with Crippen LogP contribution < -0.4 is 5.32 Å². The summed E-state index contributed by atoms with van der Waals surface area (Å²) in [6.45, 7) is 2.83. The first-order chi connectivity index (χ1) is 6.34. The van der Waals surface area contributed by atoms with Crippen LogP contribution in [0.25, 0.3) is 0 Å². The second kappa shape index (κ2) is 5.54. The van der Waals surface area contributed by atoms with E-state index >= 15 is 0 Å². The number of halogens is 1. The molecule has 13 heavy (non-hydrogen) atoms. The van der Waals surface area contributed by atoms with Gasteiger partial charge >= 0.3 is 0 Å². The molecule has 0 fully saturated rings. The van der Waals surface area contributed by atoms with Gasteiger partial charge in [-0.15, -0.1) is 0 Å². The zero-order chi connectivity index (χ0) is 9.52. The summed E-state index contributed by atoms with van der Waals surface area (Å²) in [5.74, 6) is 0.696. The molecule has 0 radical (unpaired) electrons. The largest absolute Gasteiger partial charge is 0.368 e. The van der Waals surface area contributed by atoms with Crippen LogP contribution in [0.5, 0.6) is 0 Å². The van der Waals surface area contributed by atoms with Gasteiger partial charge in [-0.05, 0) is 13.3 Å². The van der Waals surface area contributed by atoms with Crippen molar-refractivity contribution >= 4 is 17.4 Å². The predicted octanol–water partition coefficient (Wildman–Crippen LogP) is 2.51. The monoisotopic (exact) mass is 197 g/mol. The van der Waals surface area contributed by atoms with Crippen LogP contribution in [0.2, 0.25) is 5.02 Å². The standard InChI is InChI=1S/C9H12ClN3/c1-2-3-4-5-12-9-8(10)6-11-7-13-9/h2-3,6-7H,4-5H2,1H3,(H,11,12,13)/b3-2+. The van der Waals surface area contributed by atoms with Gasteiger partial charge in [0.15, 0.2) is 0 Å². The second-order valence-corrected chi connectivity index (χ2v) is 2.91. The van der Waals surface area contributed by atoms with Crippen molar-refractivity contribution < 1.29 is 0 Å². The molecule has 0 aliphatic heterocycles. The van der Waals surface area contributed by atoms with Gasteiger partial charge in [-0.25, -0.2) is 9.97 Å². The Morgan fingerprint density at radius 3 is 3.15 bits per heavy atom. The summed E-state index contributed by atoms with van der Waals surface area (Å²) in [5.41, 5.74) is 0. The first-order valence-corrected chi connectivity index (χ1v) is 4.53. The normalized spacial score (nSPS) is 10.6. The summed E-state index contributed by atoms with van der Waals surface area (Å²) in [6.07, 6.45) is 8.12. The molecule has 1 aromatic rings. The van der Waals surface area contributed by atoms with Gasteiger partial charge in [0, 0.05) is 6.54 Å². The van der Waals surface area contributed by atoms with E-state index < -0.39 is 0 Å². The van der Waals surface area contributed by atoms with E-state index in [1.54, 1.807) is 6.20 Å². The van der Waals surface area contributed by atoms with Crippen molar-refractivity contribution in [3.8, 4) is 0 Å². The number of hydrogen-bond donors (Lipinski definition) is 1. The molecule has 0 unspecified atom stereocenters. The zero-order valence-corrected chi connectivity index (χ0v) is 8.25. The van der Waals surface area contributed by atoms with Crippen LogP contribution in [-0.2, 0) is 0 Å². The Morgan fingerprint density at radius 2 is 2.46 bits per heavy atom. The van der Waals surface area contributed by atoms with E-state index in [-0.39, 0.29) is 0 Å². The molecular formula is C9H12ClN3. The topological polar surface area (TPSA) is 37.8 Å². The quantitative estimate of drug-likeness (QED) is 0.596. The van der Waals surface area contributed by atoms with Crippen molar-refractivity contribution in [1.82, 2.24) is 9.97 Å². The van der Waals surface area contributed by atoms with Gasteiger partial charge in [0.25, 0.3) is 0 Å². The highest BCUT2D eigenvalue weighted by atomic mass is 35.5. The van der Waals surface area contributed by atoms with Crippen molar-refractivity contribution in [2.45, 2.75) is 13.3 Å². The van der Waals surface area contributed by atoms with Crippen LogP contribution in [-0.4, -0.2) is 16.5 Å². The Bertz CT molecular complexity index is 286. The highest BCUT2D eigenvalue weighted by Crippen LogP contribution is 2.15. The minimum atomic E-state index is 0.558. The fourth-order valence-electron chi connectivity index (χ4n) is 0.883. The first kappa shape index (κ1) is 9.99. The first-order valence-electron chi connectivity index (χ1n) is 4.15. The minimum absolute atomic E-state index is 0.558. The summed E-state index contributed by atoms with van der Waals surface area (Å²) >= 11 is 5.83. The van der Waals surface area contributed by atoms with E-state index in [0.29, 0.717) is 10.8 Å². The highest BCUT2D eigenvalue weighted by Gasteiger charge is 1.97. The molecular weight excluding hydrogens is 186 g/mol. The van der Waals surface area contributed by atoms with Crippen LogP contribution in [0.1, 0.15) is 13.3 Å². The molecule has 1 rings (SSSR count). The molecule has 0 aliphatic carbocycles. The molecule has 0 aliphatic rings. The minimum Gasteiger partial charge on any atom is -0.368 e. The van der Waals surface area contributed by atoms with Gasteiger partial charge < -0.3 is 5.32 Å². The fourth-order valence-corrected chi connectivity index (χ4v) is 1.06. The average molecular weight is 198 g/mol. The lowest BCUT2D eigenvalue weighted by molar-refractivity contribution is 1.03. The number of rotatable bonds is 4. The fraction of sp³-hybridized carbons (Fsp3) is 0.333. The van der Waals surface area contributed by atoms with Crippen LogP contribution in [0, 0.1) is 0 Å². The smallest absolute Gasteiger partial charge is 0.148 e. The third-order valence-corrected chi connectivity index (χ3v) is 1.78. The van der Waals surface area contributed by atoms with E-state index in [9.17, 15) is 0 Å². The van der Waals surface area contributed by atoms with Gasteiger partial charge in [0.2, 0.25) is 0 Å². The lowest BCUT2D eigenvalue weighted by Gasteiger charge is -2.03. The number of nitrogens with zero attached hydrogens (tertiary/aromatic N) is 2. The van der Waals surface area contributed by atoms with E-state index in [1.165, 1.54) is 6.33 Å². The van der Waals surface area contributed by atoms with Crippen molar-refractivity contribution in [2.24, 2.45) is 0 Å². The summed E-state index contributed by atoms with van der Waals surface area (Å²) in [7, 11) is 0. The second-order valence-electron chi connectivity index (χ2n) is 2.50. The Labute approximate surface area is 82.9 Å². The van der Waals surface area contributed by atoms with Gasteiger partial charge in [-0.1, -0.05) is 23.8 Å². The van der Waals surface area contributed by atoms with Crippen molar-refractivity contribution in [3.05, 3.63) is 29.7 Å². The van der Waals surface area contributed by atoms with Gasteiger partial charge in [-0.2, -0.15) is 0 Å². The van der Waals surface area contributed by atoms with Crippen LogP contribution in [0.15, 0.2) is 24.7 Å². The summed E-state index contributed by atoms with van der Waals surface area (Å²) in [5, 5.41) is 3.67. The molecule has 1 N–H and O–H groups in total. The number of aromatic nitrogens is 2. The van der Waals surface area contributed by atoms with Gasteiger partial charge in [-0.3, -0.25) is 0 Å². The van der Waals surface area contributed by atoms with Gasteiger partial charge in [0.05, 0.1) is 6.20 Å². The molecule has 3 nitrogen and oxygen atoms in total. The third-order valence-electron chi connectivity index (χ3n) is 1.51. The molecule has 0 aromatic carbocycles. The number of hydrogen-bond acceptors (Lipinski definition) is 3. The maximum atomic E-state index is 5.83. The van der Waals surface area contributed by atoms with Gasteiger partial charge in [0.1, 0.15) is 17.2 Å². The third kappa shape index (κ3) is 3.42. The van der Waals surface area contributed by atoms with Crippen LogP contribution >= 0.6 is 11.6 Å². The lowest BCUT2D eigenvalue weighted by atomic mass is 10.4. The summed E-state index contributed by atoms with van der Waals surface area (Å²) < 4.78 is 0. The van der Waals surface area contributed by atoms with Crippen molar-refractivity contribution in [3.63, 3.8) is 0 Å². The zero-order valence-electron chi connectivity index (χ0n) is 7.50. The SMILES string of the molecule is C/C=C/CCNc1ncncc1Cl. The molecule has 1 heterocycles. The molecule has 0 bridgehead atoms. The van der Waals surface area contributed by atoms with E-state index in [1.807, 2.05) is 13.0 Å². The van der Waals surface area contributed by atoms with Crippen LogP contribution in [0.3, 0.4) is 0 Å². The van der Waals surface area contributed by atoms with E-state index in [0.717, 1.165) is 13.0 Å². The Kier molecular flexibility index (Phi) is 4.26. The molecule has 0 saturated carbocycles. The summed E-state index contributed by atoms with van der Waals surface area (Å²) in [6, 6.07) is 0. The van der Waals surface area contributed by atoms with Crippen molar-refractivity contribution in [2.75, 3.05) is 11.9 Å². The number of allylic oxidation sites excluding steroid dienone is 1. The molecule has 70 valence electrons. The number of nitrogens with one attached hydrogen (secondary N) is 1. The average Bonchev–Trinajstić information content (AvgIpc) is 2.15. The maximum Gasteiger partial charge on any atom is 0.148 e. The molecule has 4 heteroatoms. The lowest BCUT2D eigenvalue weighted by Crippen LogP contribution is -2.02. The molecule has 0 atom stereocenters. The molecule has 0 spiro atoms. The Morgan fingerprint density at radius 1 is 1.62 bits per heavy atom. The van der Waals surface area contributed by atoms with Crippen molar-refractivity contribution in [1.29, 1.82) is 0 Å². The number of anilines is 1. The highest BCUT2D eigenvalue weighted by molar-refractivity contribution is 6.32. The Balaban J connectivity index is 2.41. The summed E-state index contributed by atoms with van der Waals surface area (Å²) in [4.78, 5) is 7.79. The van der Waals surface area contributed by atoms with E-state index in [2.05, 4.69) is 21.4 Å². The van der Waals surface area contributed by atoms with E-state index in [4.69, 9.17) is 11.6 Å². The molecule has 0 amide bonds. The predicted molar refractivity (Wildman–Crippen MR) is 55.0 cm³/mol. The Hall–Kier alpha value is -1.09. The maximum absolute atomic E-state index is 5.83. The molecule has 0 saturated heterocycles. The molecule has 1 aromatic heterocycles. The van der Waals surface area contributed by atoms with Crippen LogP contribution in [0.4, 0.5) is 5.82 Å².